The molecular weight excluding hydrogens is 622 g/mol. The van der Waals surface area contributed by atoms with Crippen molar-refractivity contribution in [1.82, 2.24) is 19.6 Å². The van der Waals surface area contributed by atoms with Gasteiger partial charge in [0.15, 0.2) is 0 Å². The predicted molar refractivity (Wildman–Crippen MR) is 162 cm³/mol. The molecule has 4 rings (SSSR count). The van der Waals surface area contributed by atoms with Crippen LogP contribution in [0.5, 0.6) is 0 Å². The van der Waals surface area contributed by atoms with E-state index in [1.807, 2.05) is 23.9 Å². The zero-order valence-corrected chi connectivity index (χ0v) is 26.5. The number of piperazine rings is 2. The van der Waals surface area contributed by atoms with Gasteiger partial charge in [0.25, 0.3) is 5.69 Å². The zero-order valence-electron chi connectivity index (χ0n) is 26.5. The Kier molecular flexibility index (Phi) is 14.7. The molecule has 2 fully saturated rings. The summed E-state index contributed by atoms with van der Waals surface area (Å²) in [5.41, 5.74) is 3.90. The number of ether oxygens (including phenoxy) is 1. The van der Waals surface area contributed by atoms with Gasteiger partial charge in [-0.3, -0.25) is 24.7 Å². The molecule has 2 N–H and O–H groups in total. The summed E-state index contributed by atoms with van der Waals surface area (Å²) in [7, 11) is 3.98. The number of esters is 1. The van der Waals surface area contributed by atoms with Gasteiger partial charge in [-0.15, -0.1) is 0 Å². The van der Waals surface area contributed by atoms with Gasteiger partial charge in [-0.1, -0.05) is 12.1 Å². The molecule has 2 aromatic carbocycles. The van der Waals surface area contributed by atoms with Gasteiger partial charge >= 0.3 is 18.3 Å². The van der Waals surface area contributed by atoms with Gasteiger partial charge in [-0.05, 0) is 44.3 Å². The van der Waals surface area contributed by atoms with Crippen molar-refractivity contribution in [2.75, 3.05) is 78.8 Å². The molecule has 2 saturated heterocycles. The lowest BCUT2D eigenvalue weighted by Gasteiger charge is -2.32. The molecule has 0 aromatic heterocycles. The van der Waals surface area contributed by atoms with E-state index < -0.39 is 34.1 Å². The molecule has 0 radical (unpaired) electrons. The maximum Gasteiger partial charge on any atom is 0.416 e. The normalized spacial score (nSPS) is 16.9. The Morgan fingerprint density at radius 2 is 1.22 bits per heavy atom. The number of non-ortho nitro benzene ring substituents is 1. The Bertz CT molecular complexity index is 1280. The number of rotatable bonds is 6. The minimum absolute atomic E-state index is 0.0812. The van der Waals surface area contributed by atoms with E-state index in [1.165, 1.54) is 25.1 Å². The first-order chi connectivity index (χ1) is 21.4. The Morgan fingerprint density at radius 3 is 1.57 bits per heavy atom. The third kappa shape index (κ3) is 13.1. The van der Waals surface area contributed by atoms with E-state index in [9.17, 15) is 41.3 Å². The molecule has 2 heterocycles. The molecule has 0 bridgehead atoms. The van der Waals surface area contributed by atoms with Gasteiger partial charge in [-0.2, -0.15) is 26.3 Å². The lowest BCUT2D eigenvalue weighted by atomic mass is 10.0. The molecule has 46 heavy (non-hydrogen) atoms. The molecule has 10 nitrogen and oxygen atoms in total. The number of hydrogen-bond acceptors (Lipinski definition) is 9. The van der Waals surface area contributed by atoms with Gasteiger partial charge in [0.2, 0.25) is 0 Å². The smallest absolute Gasteiger partial charge is 0.416 e. The van der Waals surface area contributed by atoms with Gasteiger partial charge in [-0.25, -0.2) is 0 Å². The SMILES string of the molecule is CCOC(C)=O.CN1CCN(Cc2ccc(N)cc2C(F)(F)F)CC1.CN1CCN(Cc2ccc([N+](=O)[O-])cc2C(F)(F)F)CC1. The number of hydrogen-bond donors (Lipinski definition) is 1. The van der Waals surface area contributed by atoms with E-state index in [0.717, 1.165) is 51.4 Å². The summed E-state index contributed by atoms with van der Waals surface area (Å²) < 4.78 is 82.5. The van der Waals surface area contributed by atoms with E-state index in [2.05, 4.69) is 14.5 Å². The van der Waals surface area contributed by atoms with Crippen molar-refractivity contribution < 1.29 is 40.8 Å². The largest absolute Gasteiger partial charge is 0.466 e. The van der Waals surface area contributed by atoms with Gasteiger partial charge < -0.3 is 20.3 Å². The van der Waals surface area contributed by atoms with E-state index in [1.54, 1.807) is 6.92 Å². The monoisotopic (exact) mass is 664 g/mol. The summed E-state index contributed by atoms with van der Waals surface area (Å²) in [6.07, 6.45) is -8.94. The fourth-order valence-electron chi connectivity index (χ4n) is 4.77. The van der Waals surface area contributed by atoms with Crippen molar-refractivity contribution >= 4 is 17.3 Å². The third-order valence-electron chi connectivity index (χ3n) is 7.38. The molecule has 0 amide bonds. The van der Waals surface area contributed by atoms with Crippen LogP contribution in [-0.2, 0) is 35.0 Å². The fourth-order valence-corrected chi connectivity index (χ4v) is 4.77. The number of nitro benzene ring substituents is 1. The number of nitrogens with two attached hydrogens (primary N) is 1. The fraction of sp³-hybridized carbons (Fsp3) is 0.567. The molecule has 0 saturated carbocycles. The molecule has 0 aliphatic carbocycles. The number of likely N-dealkylation sites (N-methyl/N-ethyl adjacent to an activating group) is 2. The number of anilines is 1. The Hall–Kier alpha value is -3.47. The Labute approximate surface area is 264 Å². The second-order valence-corrected chi connectivity index (χ2v) is 11.1. The molecule has 0 unspecified atom stereocenters. The van der Waals surface area contributed by atoms with Crippen molar-refractivity contribution in [2.24, 2.45) is 0 Å². The predicted octanol–water partition coefficient (Wildman–Crippen LogP) is 4.97. The lowest BCUT2D eigenvalue weighted by Crippen LogP contribution is -2.44. The maximum atomic E-state index is 13.1. The average molecular weight is 665 g/mol. The second kappa shape index (κ2) is 17.4. The van der Waals surface area contributed by atoms with Gasteiger partial charge in [0.05, 0.1) is 22.7 Å². The van der Waals surface area contributed by atoms with E-state index in [0.29, 0.717) is 37.9 Å². The van der Waals surface area contributed by atoms with Crippen LogP contribution in [0.15, 0.2) is 36.4 Å². The highest BCUT2D eigenvalue weighted by atomic mass is 19.4. The molecular formula is C30H42F6N6O4. The van der Waals surface area contributed by atoms with Crippen LogP contribution in [0.1, 0.15) is 36.1 Å². The highest BCUT2D eigenvalue weighted by molar-refractivity contribution is 5.65. The van der Waals surface area contributed by atoms with Crippen LogP contribution < -0.4 is 5.73 Å². The van der Waals surface area contributed by atoms with Crippen LogP contribution in [0, 0.1) is 10.1 Å². The highest BCUT2D eigenvalue weighted by Gasteiger charge is 2.36. The van der Waals surface area contributed by atoms with Crippen molar-refractivity contribution in [3.8, 4) is 0 Å². The maximum absolute atomic E-state index is 13.1. The number of nitro groups is 1. The standard InChI is InChI=1S/C13H16F3N3O2.C13H18F3N3.C4H8O2/c1-17-4-6-18(7-5-17)9-10-2-3-11(19(20)21)8-12(10)13(14,15)16;1-18-4-6-19(7-5-18)9-10-2-3-11(17)8-12(10)13(14,15)16;1-3-6-4(2)5/h2-3,8H,4-7,9H2,1H3;2-3,8H,4-7,9,17H2,1H3;3H2,1-2H3. The first-order valence-electron chi connectivity index (χ1n) is 14.7. The summed E-state index contributed by atoms with van der Waals surface area (Å²) in [6.45, 7) is 10.4. The number of nitrogen functional groups attached to an aromatic ring is 1. The molecule has 0 atom stereocenters. The third-order valence-corrected chi connectivity index (χ3v) is 7.38. The second-order valence-electron chi connectivity index (χ2n) is 11.1. The minimum atomic E-state index is -4.59. The first-order valence-corrected chi connectivity index (χ1v) is 14.7. The van der Waals surface area contributed by atoms with Crippen LogP contribution in [-0.4, -0.2) is 104 Å². The molecule has 2 aliphatic heterocycles. The Balaban J connectivity index is 0.000000273. The molecule has 2 aliphatic rings. The quantitative estimate of drug-likeness (QED) is 0.151. The van der Waals surface area contributed by atoms with Crippen molar-refractivity contribution in [3.05, 3.63) is 68.8 Å². The number of halogens is 6. The summed E-state index contributed by atoms with van der Waals surface area (Å²) in [6, 6.07) is 6.98. The van der Waals surface area contributed by atoms with Crippen LogP contribution in [0.2, 0.25) is 0 Å². The van der Waals surface area contributed by atoms with Crippen LogP contribution in [0.4, 0.5) is 37.7 Å². The van der Waals surface area contributed by atoms with Crippen molar-refractivity contribution in [3.63, 3.8) is 0 Å². The minimum Gasteiger partial charge on any atom is -0.466 e. The number of carbonyl (C=O) groups excluding carboxylic acids is 1. The van der Waals surface area contributed by atoms with Crippen LogP contribution >= 0.6 is 0 Å². The molecule has 2 aromatic rings. The number of alkyl halides is 6. The number of nitrogens with zero attached hydrogens (tertiary/aromatic N) is 5. The molecule has 0 spiro atoms. The number of carbonyl (C=O) groups is 1. The van der Waals surface area contributed by atoms with Crippen molar-refractivity contribution in [1.29, 1.82) is 0 Å². The molecule has 258 valence electrons. The summed E-state index contributed by atoms with van der Waals surface area (Å²) in [5, 5.41) is 10.6. The van der Waals surface area contributed by atoms with E-state index in [4.69, 9.17) is 5.73 Å². The summed E-state index contributed by atoms with van der Waals surface area (Å²) in [4.78, 5) is 27.9. The van der Waals surface area contributed by atoms with Gasteiger partial charge in [0.1, 0.15) is 0 Å². The van der Waals surface area contributed by atoms with Crippen LogP contribution in [0.25, 0.3) is 0 Å². The first kappa shape index (κ1) is 38.7. The van der Waals surface area contributed by atoms with E-state index in [-0.39, 0.29) is 23.8 Å². The highest BCUT2D eigenvalue weighted by Crippen LogP contribution is 2.35. The van der Waals surface area contributed by atoms with Crippen LogP contribution in [0.3, 0.4) is 0 Å². The average Bonchev–Trinajstić information content (AvgIpc) is 2.96. The van der Waals surface area contributed by atoms with Crippen molar-refractivity contribution in [2.45, 2.75) is 39.3 Å². The lowest BCUT2D eigenvalue weighted by molar-refractivity contribution is -0.385. The van der Waals surface area contributed by atoms with Gasteiger partial charge in [0, 0.05) is 90.2 Å². The number of benzene rings is 2. The topological polar surface area (TPSA) is 108 Å². The molecule has 16 heteroatoms. The summed E-state index contributed by atoms with van der Waals surface area (Å²) >= 11 is 0. The Morgan fingerprint density at radius 1 is 0.804 bits per heavy atom. The summed E-state index contributed by atoms with van der Waals surface area (Å²) in [5.74, 6) is -0.211. The zero-order chi connectivity index (χ0) is 34.7. The van der Waals surface area contributed by atoms with E-state index >= 15 is 0 Å².